The summed E-state index contributed by atoms with van der Waals surface area (Å²) in [5.41, 5.74) is 1.58. The summed E-state index contributed by atoms with van der Waals surface area (Å²) in [5, 5.41) is 5.60. The summed E-state index contributed by atoms with van der Waals surface area (Å²) in [6, 6.07) is 14.1. The van der Waals surface area contributed by atoms with Gasteiger partial charge in [0.15, 0.2) is 5.75 Å². The number of methoxy groups -OCH3 is 1. The minimum atomic E-state index is -3.82. The molecule has 180 valence electrons. The highest BCUT2D eigenvalue weighted by Crippen LogP contribution is 2.46. The van der Waals surface area contributed by atoms with Crippen molar-refractivity contribution in [2.24, 2.45) is 5.14 Å². The summed E-state index contributed by atoms with van der Waals surface area (Å²) in [5.74, 6) is 0.488. The van der Waals surface area contributed by atoms with Crippen LogP contribution in [0.15, 0.2) is 59.5 Å². The average molecular weight is 532 g/mol. The van der Waals surface area contributed by atoms with Crippen LogP contribution in [0.5, 0.6) is 17.2 Å². The Kier molecular flexibility index (Phi) is 6.92. The van der Waals surface area contributed by atoms with Crippen molar-refractivity contribution in [3.8, 4) is 17.2 Å². The maximum Gasteiger partial charge on any atom is 0.238 e. The number of primary sulfonamides is 1. The SMILES string of the molecule is [C-]#[N+]c1ccc(OC)c(Cl)c1Oc1cc([C@H]2CC(=O)N(c3ccc(S(N)(=O)=O)cc3)C2)ccc1Cl. The van der Waals surface area contributed by atoms with Gasteiger partial charge < -0.3 is 14.4 Å². The van der Waals surface area contributed by atoms with Gasteiger partial charge in [-0.05, 0) is 54.1 Å². The van der Waals surface area contributed by atoms with E-state index in [1.165, 1.54) is 19.2 Å². The molecule has 4 rings (SSSR count). The number of hydrogen-bond donors (Lipinski definition) is 1. The van der Waals surface area contributed by atoms with E-state index in [2.05, 4.69) is 4.85 Å². The molecule has 1 aliphatic rings. The molecule has 0 unspecified atom stereocenters. The number of nitrogens with zero attached hydrogens (tertiary/aromatic N) is 2. The van der Waals surface area contributed by atoms with Gasteiger partial charge in [0.1, 0.15) is 16.5 Å². The fraction of sp³-hybridized carbons (Fsp3) is 0.167. The zero-order valence-electron chi connectivity index (χ0n) is 18.4. The molecule has 1 amide bonds. The number of rotatable bonds is 6. The summed E-state index contributed by atoms with van der Waals surface area (Å²) in [6.07, 6.45) is 0.241. The molecule has 3 aromatic rings. The first-order valence-corrected chi connectivity index (χ1v) is 12.6. The number of halogens is 2. The first kappa shape index (κ1) is 24.8. The Hall–Kier alpha value is -3.29. The van der Waals surface area contributed by atoms with Crippen LogP contribution in [-0.4, -0.2) is 28.0 Å². The minimum Gasteiger partial charge on any atom is -0.495 e. The Morgan fingerprint density at radius 2 is 1.80 bits per heavy atom. The zero-order valence-corrected chi connectivity index (χ0v) is 20.7. The van der Waals surface area contributed by atoms with Gasteiger partial charge in [-0.25, -0.2) is 18.4 Å². The molecule has 0 spiro atoms. The summed E-state index contributed by atoms with van der Waals surface area (Å²) in [7, 11) is -2.36. The van der Waals surface area contributed by atoms with Gasteiger partial charge in [0.05, 0.1) is 23.6 Å². The second kappa shape index (κ2) is 9.76. The van der Waals surface area contributed by atoms with Crippen molar-refractivity contribution in [3.05, 3.63) is 81.6 Å². The quantitative estimate of drug-likeness (QED) is 0.422. The highest BCUT2D eigenvalue weighted by molar-refractivity contribution is 7.89. The van der Waals surface area contributed by atoms with Crippen molar-refractivity contribution in [3.63, 3.8) is 0 Å². The predicted octanol–water partition coefficient (Wildman–Crippen LogP) is 5.51. The number of anilines is 1. The third-order valence-electron chi connectivity index (χ3n) is 5.62. The van der Waals surface area contributed by atoms with Crippen molar-refractivity contribution >= 4 is 50.5 Å². The molecule has 0 saturated carbocycles. The number of carbonyl (C=O) groups excluding carboxylic acids is 1. The molecule has 11 heteroatoms. The van der Waals surface area contributed by atoms with Gasteiger partial charge >= 0.3 is 0 Å². The van der Waals surface area contributed by atoms with Gasteiger partial charge in [0.2, 0.25) is 21.6 Å². The lowest BCUT2D eigenvalue weighted by Gasteiger charge is -2.18. The van der Waals surface area contributed by atoms with Crippen LogP contribution >= 0.6 is 23.2 Å². The molecule has 1 fully saturated rings. The van der Waals surface area contributed by atoms with Crippen LogP contribution in [0.4, 0.5) is 11.4 Å². The smallest absolute Gasteiger partial charge is 0.238 e. The molecule has 0 radical (unpaired) electrons. The summed E-state index contributed by atoms with van der Waals surface area (Å²) in [6.45, 7) is 7.79. The molecule has 1 atom stereocenters. The topological polar surface area (TPSA) is 103 Å². The first-order chi connectivity index (χ1) is 16.6. The summed E-state index contributed by atoms with van der Waals surface area (Å²) >= 11 is 12.7. The van der Waals surface area contributed by atoms with Crippen molar-refractivity contribution < 1.29 is 22.7 Å². The van der Waals surface area contributed by atoms with Gasteiger partial charge in [-0.2, -0.15) is 0 Å². The van der Waals surface area contributed by atoms with Crippen LogP contribution in [0.3, 0.4) is 0 Å². The molecule has 0 bridgehead atoms. The van der Waals surface area contributed by atoms with E-state index in [1.54, 1.807) is 41.3 Å². The Morgan fingerprint density at radius 3 is 2.43 bits per heavy atom. The number of nitrogens with two attached hydrogens (primary N) is 1. The van der Waals surface area contributed by atoms with Gasteiger partial charge in [-0.3, -0.25) is 4.79 Å². The maximum atomic E-state index is 12.7. The molecule has 1 heterocycles. The first-order valence-electron chi connectivity index (χ1n) is 10.3. The third kappa shape index (κ3) is 5.06. The van der Waals surface area contributed by atoms with Crippen LogP contribution in [0.2, 0.25) is 10.0 Å². The van der Waals surface area contributed by atoms with Gasteiger partial charge in [0, 0.05) is 24.6 Å². The lowest BCUT2D eigenvalue weighted by atomic mass is 9.98. The van der Waals surface area contributed by atoms with E-state index in [4.69, 9.17) is 44.4 Å². The predicted molar refractivity (Wildman–Crippen MR) is 133 cm³/mol. The van der Waals surface area contributed by atoms with Gasteiger partial charge in [-0.15, -0.1) is 0 Å². The summed E-state index contributed by atoms with van der Waals surface area (Å²) < 4.78 is 34.2. The van der Waals surface area contributed by atoms with E-state index < -0.39 is 10.0 Å². The second-order valence-electron chi connectivity index (χ2n) is 7.78. The van der Waals surface area contributed by atoms with E-state index >= 15 is 0 Å². The minimum absolute atomic E-state index is 0.0288. The van der Waals surface area contributed by atoms with Crippen LogP contribution in [0.25, 0.3) is 4.85 Å². The fourth-order valence-electron chi connectivity index (χ4n) is 3.83. The van der Waals surface area contributed by atoms with Crippen molar-refractivity contribution in [2.45, 2.75) is 17.2 Å². The Morgan fingerprint density at radius 1 is 1.09 bits per heavy atom. The van der Waals surface area contributed by atoms with E-state index in [0.717, 1.165) is 5.56 Å². The lowest BCUT2D eigenvalue weighted by Crippen LogP contribution is -2.24. The van der Waals surface area contributed by atoms with E-state index in [9.17, 15) is 13.2 Å². The van der Waals surface area contributed by atoms with Crippen LogP contribution < -0.4 is 19.5 Å². The second-order valence-corrected chi connectivity index (χ2v) is 10.1. The molecule has 35 heavy (non-hydrogen) atoms. The lowest BCUT2D eigenvalue weighted by molar-refractivity contribution is -0.117. The zero-order chi connectivity index (χ0) is 25.3. The number of amides is 1. The standard InChI is InChI=1S/C24H19Cl2N3O5S/c1-28-19-9-10-20(33-2)23(26)24(19)34-21-11-14(3-8-18(21)25)15-12-22(30)29(13-15)16-4-6-17(7-5-16)35(27,31)32/h3-11,15H,12-13H2,2H3,(H2,27,31,32)/t15-/m0/s1. The molecule has 0 aliphatic carbocycles. The van der Waals surface area contributed by atoms with Crippen LogP contribution in [0.1, 0.15) is 17.9 Å². The largest absolute Gasteiger partial charge is 0.495 e. The fourth-order valence-corrected chi connectivity index (χ4v) is 4.78. The van der Waals surface area contributed by atoms with Crippen LogP contribution in [0, 0.1) is 6.57 Å². The van der Waals surface area contributed by atoms with Crippen molar-refractivity contribution in [1.82, 2.24) is 0 Å². The van der Waals surface area contributed by atoms with E-state index in [0.29, 0.717) is 23.0 Å². The van der Waals surface area contributed by atoms with E-state index in [1.807, 2.05) is 6.07 Å². The molecule has 1 aliphatic heterocycles. The third-order valence-corrected chi connectivity index (χ3v) is 7.22. The number of hydrogen-bond acceptors (Lipinski definition) is 5. The Labute approximate surface area is 212 Å². The highest BCUT2D eigenvalue weighted by Gasteiger charge is 2.32. The molecule has 8 nitrogen and oxygen atoms in total. The number of sulfonamides is 1. The number of carbonyl (C=O) groups is 1. The molecular formula is C24H19Cl2N3O5S. The Bertz CT molecular complexity index is 1450. The highest BCUT2D eigenvalue weighted by atomic mass is 35.5. The maximum absolute atomic E-state index is 12.7. The van der Waals surface area contributed by atoms with Crippen molar-refractivity contribution in [1.29, 1.82) is 0 Å². The van der Waals surface area contributed by atoms with Crippen LogP contribution in [-0.2, 0) is 14.8 Å². The van der Waals surface area contributed by atoms with Gasteiger partial charge in [0.25, 0.3) is 0 Å². The monoisotopic (exact) mass is 531 g/mol. The molecular weight excluding hydrogens is 513 g/mol. The molecule has 2 N–H and O–H groups in total. The number of benzene rings is 3. The Balaban J connectivity index is 1.60. The summed E-state index contributed by atoms with van der Waals surface area (Å²) in [4.78, 5) is 17.8. The van der Waals surface area contributed by atoms with Crippen molar-refractivity contribution in [2.75, 3.05) is 18.6 Å². The molecule has 1 saturated heterocycles. The van der Waals surface area contributed by atoms with E-state index in [-0.39, 0.29) is 45.4 Å². The molecule has 0 aromatic heterocycles. The molecule has 3 aromatic carbocycles. The number of ether oxygens (including phenoxy) is 2. The van der Waals surface area contributed by atoms with Gasteiger partial charge in [-0.1, -0.05) is 29.3 Å². The normalized spacial score (nSPS) is 15.7. The average Bonchev–Trinajstić information content (AvgIpc) is 3.22.